The number of hydrogen-bond acceptors (Lipinski definition) is 6. The summed E-state index contributed by atoms with van der Waals surface area (Å²) in [6, 6.07) is 8.79. The lowest BCUT2D eigenvalue weighted by Gasteiger charge is -2.21. The highest BCUT2D eigenvalue weighted by Crippen LogP contribution is 2.33. The van der Waals surface area contributed by atoms with E-state index in [1.165, 1.54) is 12.4 Å². The monoisotopic (exact) mass is 482 g/mol. The first kappa shape index (κ1) is 22.2. The second-order valence-corrected chi connectivity index (χ2v) is 9.70. The Balaban J connectivity index is 1.31. The van der Waals surface area contributed by atoms with Gasteiger partial charge in [-0.3, -0.25) is 14.4 Å². The summed E-state index contributed by atoms with van der Waals surface area (Å²) in [6.07, 6.45) is 7.40. The zero-order chi connectivity index (χ0) is 25.0. The number of aromatic nitrogens is 4. The van der Waals surface area contributed by atoms with Crippen LogP contribution in [0.15, 0.2) is 47.7 Å². The summed E-state index contributed by atoms with van der Waals surface area (Å²) in [5.74, 6) is 0.333. The molecule has 3 heterocycles. The Labute approximate surface area is 207 Å². The van der Waals surface area contributed by atoms with Crippen molar-refractivity contribution in [3.05, 3.63) is 70.0 Å². The number of aryl methyl sites for hydroxylation is 1. The molecule has 0 radical (unpaired) electrons. The Bertz CT molecular complexity index is 1590. The number of hydrogen-bond donors (Lipinski definition) is 2. The van der Waals surface area contributed by atoms with Gasteiger partial charge in [-0.15, -0.1) is 0 Å². The summed E-state index contributed by atoms with van der Waals surface area (Å²) in [6.45, 7) is 0.572. The average Bonchev–Trinajstić information content (AvgIpc) is 3.63. The quantitative estimate of drug-likeness (QED) is 0.448. The number of nitrogens with two attached hydrogens (primary N) is 1. The normalized spacial score (nSPS) is 15.2. The number of nitrogens with zero attached hydrogens (tertiary/aromatic N) is 4. The molecule has 6 rings (SSSR count). The number of pyridine rings is 1. The number of carbonyl (C=O) groups is 2. The standard InChI is InChI=1S/C27H26N6O3/c1-32-13-20(23-24(28)29-14-30-25(23)32)16-7-9-17(10-8-16)31-26(35)19-11-18-21(3-2-4-22(18)34)33(27(19)36)12-15-5-6-15/h7-11,13-15H,2-6,12H2,1H3,(H,31,35)(H2,28,29,30). The number of anilines is 2. The Morgan fingerprint density at radius 1 is 1.11 bits per heavy atom. The maximum atomic E-state index is 13.3. The van der Waals surface area contributed by atoms with Gasteiger partial charge in [0, 0.05) is 48.7 Å². The lowest BCUT2D eigenvalue weighted by Crippen LogP contribution is -2.35. The Morgan fingerprint density at radius 3 is 2.64 bits per heavy atom. The van der Waals surface area contributed by atoms with Crippen molar-refractivity contribution in [2.45, 2.75) is 38.6 Å². The number of nitrogens with one attached hydrogen (secondary N) is 1. The molecule has 2 aliphatic rings. The van der Waals surface area contributed by atoms with E-state index in [4.69, 9.17) is 5.73 Å². The second-order valence-electron chi connectivity index (χ2n) is 9.70. The molecule has 0 bridgehead atoms. The molecule has 0 spiro atoms. The number of rotatable bonds is 5. The van der Waals surface area contributed by atoms with Crippen LogP contribution >= 0.6 is 0 Å². The van der Waals surface area contributed by atoms with Gasteiger partial charge in [0.1, 0.15) is 23.4 Å². The summed E-state index contributed by atoms with van der Waals surface area (Å²) in [7, 11) is 1.90. The first-order valence-electron chi connectivity index (χ1n) is 12.2. The molecular formula is C27H26N6O3. The van der Waals surface area contributed by atoms with Crippen LogP contribution in [0.25, 0.3) is 22.2 Å². The van der Waals surface area contributed by atoms with Crippen molar-refractivity contribution < 1.29 is 9.59 Å². The highest BCUT2D eigenvalue weighted by molar-refractivity contribution is 6.07. The van der Waals surface area contributed by atoms with Crippen LogP contribution in [0, 0.1) is 5.92 Å². The molecule has 9 nitrogen and oxygen atoms in total. The minimum atomic E-state index is -0.513. The topological polar surface area (TPSA) is 125 Å². The minimum Gasteiger partial charge on any atom is -0.383 e. The summed E-state index contributed by atoms with van der Waals surface area (Å²) in [5.41, 5.74) is 10.2. The highest BCUT2D eigenvalue weighted by atomic mass is 16.2. The van der Waals surface area contributed by atoms with Crippen LogP contribution in [0.5, 0.6) is 0 Å². The number of amides is 1. The third-order valence-corrected chi connectivity index (χ3v) is 7.14. The molecule has 2 aliphatic carbocycles. The van der Waals surface area contributed by atoms with Crippen LogP contribution in [0.2, 0.25) is 0 Å². The van der Waals surface area contributed by atoms with E-state index in [9.17, 15) is 14.4 Å². The van der Waals surface area contributed by atoms with E-state index < -0.39 is 5.91 Å². The molecule has 0 unspecified atom stereocenters. The van der Waals surface area contributed by atoms with Crippen molar-refractivity contribution in [3.8, 4) is 11.1 Å². The van der Waals surface area contributed by atoms with Crippen molar-refractivity contribution in [1.82, 2.24) is 19.1 Å². The fraction of sp³-hybridized carbons (Fsp3) is 0.296. The largest absolute Gasteiger partial charge is 0.383 e. The van der Waals surface area contributed by atoms with Crippen LogP contribution < -0.4 is 16.6 Å². The predicted molar refractivity (Wildman–Crippen MR) is 137 cm³/mol. The third kappa shape index (κ3) is 3.77. The van der Waals surface area contributed by atoms with Crippen molar-refractivity contribution in [1.29, 1.82) is 0 Å². The predicted octanol–water partition coefficient (Wildman–Crippen LogP) is 3.56. The molecule has 4 aromatic rings. The van der Waals surface area contributed by atoms with Gasteiger partial charge in [0.15, 0.2) is 5.78 Å². The lowest BCUT2D eigenvalue weighted by atomic mass is 9.93. The average molecular weight is 483 g/mol. The lowest BCUT2D eigenvalue weighted by molar-refractivity contribution is 0.0970. The van der Waals surface area contributed by atoms with E-state index in [-0.39, 0.29) is 16.9 Å². The van der Waals surface area contributed by atoms with Gasteiger partial charge in [0.25, 0.3) is 11.5 Å². The maximum Gasteiger partial charge on any atom is 0.263 e. The van der Waals surface area contributed by atoms with Gasteiger partial charge >= 0.3 is 0 Å². The molecule has 1 amide bonds. The van der Waals surface area contributed by atoms with E-state index in [1.807, 2.05) is 29.9 Å². The van der Waals surface area contributed by atoms with Crippen molar-refractivity contribution in [2.75, 3.05) is 11.1 Å². The van der Waals surface area contributed by atoms with Crippen LogP contribution in [0.4, 0.5) is 11.5 Å². The number of ketones is 1. The number of benzene rings is 1. The van der Waals surface area contributed by atoms with Gasteiger partial charge < -0.3 is 20.2 Å². The van der Waals surface area contributed by atoms with Gasteiger partial charge in [-0.2, -0.15) is 0 Å². The summed E-state index contributed by atoms with van der Waals surface area (Å²) >= 11 is 0. The molecule has 9 heteroatoms. The molecule has 1 saturated carbocycles. The number of carbonyl (C=O) groups excluding carboxylic acids is 2. The molecule has 1 fully saturated rings. The molecule has 36 heavy (non-hydrogen) atoms. The fourth-order valence-electron chi connectivity index (χ4n) is 5.06. The van der Waals surface area contributed by atoms with E-state index in [0.717, 1.165) is 47.1 Å². The van der Waals surface area contributed by atoms with Crippen molar-refractivity contribution in [2.24, 2.45) is 13.0 Å². The summed E-state index contributed by atoms with van der Waals surface area (Å²) in [4.78, 5) is 47.5. The van der Waals surface area contributed by atoms with Gasteiger partial charge in [0.05, 0.1) is 5.39 Å². The SMILES string of the molecule is Cn1cc(-c2ccc(NC(=O)c3cc4c(n(CC5CC5)c3=O)CCCC4=O)cc2)c2c(N)ncnc21. The number of Topliss-reactive ketones (excluding diaryl/α,β-unsaturated/α-hetero) is 1. The number of nitrogen functional groups attached to an aromatic ring is 1. The van der Waals surface area contributed by atoms with Crippen LogP contribution in [-0.4, -0.2) is 30.8 Å². The van der Waals surface area contributed by atoms with E-state index in [0.29, 0.717) is 42.4 Å². The Kier molecular flexibility index (Phi) is 5.21. The van der Waals surface area contributed by atoms with Crippen molar-refractivity contribution in [3.63, 3.8) is 0 Å². The maximum absolute atomic E-state index is 13.3. The molecule has 0 aliphatic heterocycles. The van der Waals surface area contributed by atoms with Gasteiger partial charge in [0.2, 0.25) is 0 Å². The third-order valence-electron chi connectivity index (χ3n) is 7.14. The molecule has 0 atom stereocenters. The minimum absolute atomic E-state index is 0.00228. The molecule has 0 saturated heterocycles. The number of fused-ring (bicyclic) bond motifs is 2. The van der Waals surface area contributed by atoms with E-state index in [1.54, 1.807) is 16.7 Å². The summed E-state index contributed by atoms with van der Waals surface area (Å²) < 4.78 is 3.57. The zero-order valence-corrected chi connectivity index (χ0v) is 20.0. The fourth-order valence-corrected chi connectivity index (χ4v) is 5.06. The smallest absolute Gasteiger partial charge is 0.263 e. The van der Waals surface area contributed by atoms with Gasteiger partial charge in [-0.05, 0) is 55.4 Å². The highest BCUT2D eigenvalue weighted by Gasteiger charge is 2.29. The van der Waals surface area contributed by atoms with Crippen LogP contribution in [0.1, 0.15) is 52.1 Å². The molecular weight excluding hydrogens is 456 g/mol. The Hall–Kier alpha value is -4.27. The first-order valence-corrected chi connectivity index (χ1v) is 12.2. The molecule has 182 valence electrons. The molecule has 3 aromatic heterocycles. The summed E-state index contributed by atoms with van der Waals surface area (Å²) in [5, 5.41) is 3.60. The Morgan fingerprint density at radius 2 is 1.89 bits per heavy atom. The van der Waals surface area contributed by atoms with E-state index >= 15 is 0 Å². The molecule has 1 aromatic carbocycles. The first-order chi connectivity index (χ1) is 17.4. The van der Waals surface area contributed by atoms with Gasteiger partial charge in [-0.1, -0.05) is 12.1 Å². The van der Waals surface area contributed by atoms with E-state index in [2.05, 4.69) is 15.3 Å². The van der Waals surface area contributed by atoms with Crippen LogP contribution in [0.3, 0.4) is 0 Å². The van der Waals surface area contributed by atoms with Crippen LogP contribution in [-0.2, 0) is 20.0 Å². The second kappa shape index (κ2) is 8.44. The molecule has 3 N–H and O–H groups in total. The van der Waals surface area contributed by atoms with Crippen molar-refractivity contribution >= 4 is 34.2 Å². The zero-order valence-electron chi connectivity index (χ0n) is 20.0. The van der Waals surface area contributed by atoms with Gasteiger partial charge in [-0.25, -0.2) is 9.97 Å².